The van der Waals surface area contributed by atoms with Crippen LogP contribution in [0.3, 0.4) is 0 Å². The first-order valence-electron chi connectivity index (χ1n) is 7.37. The average molecular weight is 278 g/mol. The Morgan fingerprint density at radius 1 is 1.30 bits per heavy atom. The lowest BCUT2D eigenvalue weighted by molar-refractivity contribution is -0.124. The van der Waals surface area contributed by atoms with Crippen molar-refractivity contribution in [3.63, 3.8) is 0 Å². The van der Waals surface area contributed by atoms with Crippen LogP contribution in [0.2, 0.25) is 0 Å². The van der Waals surface area contributed by atoms with Crippen LogP contribution < -0.4 is 11.1 Å². The number of ether oxygens (including phenoxy) is 1. The van der Waals surface area contributed by atoms with Crippen molar-refractivity contribution < 1.29 is 9.53 Å². The summed E-state index contributed by atoms with van der Waals surface area (Å²) >= 11 is 0. The molecule has 0 radical (unpaired) electrons. The molecule has 0 aliphatic rings. The van der Waals surface area contributed by atoms with Gasteiger partial charge in [-0.25, -0.2) is 0 Å². The van der Waals surface area contributed by atoms with Gasteiger partial charge in [-0.2, -0.15) is 0 Å². The van der Waals surface area contributed by atoms with Crippen molar-refractivity contribution in [1.29, 1.82) is 0 Å². The molecule has 1 unspecified atom stereocenters. The zero-order chi connectivity index (χ0) is 14.6. The first-order valence-corrected chi connectivity index (χ1v) is 7.37. The first-order chi connectivity index (χ1) is 9.77. The van der Waals surface area contributed by atoms with Gasteiger partial charge in [0, 0.05) is 26.3 Å². The summed E-state index contributed by atoms with van der Waals surface area (Å²) < 4.78 is 5.37. The van der Waals surface area contributed by atoms with Crippen LogP contribution in [0.5, 0.6) is 0 Å². The van der Waals surface area contributed by atoms with Gasteiger partial charge in [0.2, 0.25) is 5.91 Å². The van der Waals surface area contributed by atoms with Gasteiger partial charge in [-0.15, -0.1) is 0 Å². The van der Waals surface area contributed by atoms with E-state index in [1.54, 1.807) is 0 Å². The SMILES string of the molecule is CCCOCCCNC(=O)C(CN)Cc1ccccc1. The second-order valence-corrected chi connectivity index (χ2v) is 4.88. The van der Waals surface area contributed by atoms with Crippen LogP contribution in [0.4, 0.5) is 0 Å². The largest absolute Gasteiger partial charge is 0.381 e. The number of hydrogen-bond donors (Lipinski definition) is 2. The summed E-state index contributed by atoms with van der Waals surface area (Å²) in [4.78, 5) is 12.0. The number of carbonyl (C=O) groups is 1. The number of benzene rings is 1. The molecule has 1 aromatic rings. The third-order valence-corrected chi connectivity index (χ3v) is 3.09. The summed E-state index contributed by atoms with van der Waals surface area (Å²) in [5.74, 6) is -0.124. The zero-order valence-corrected chi connectivity index (χ0v) is 12.3. The summed E-state index contributed by atoms with van der Waals surface area (Å²) in [6, 6.07) is 9.97. The van der Waals surface area contributed by atoms with Gasteiger partial charge in [0.25, 0.3) is 0 Å². The maximum atomic E-state index is 12.0. The van der Waals surface area contributed by atoms with Gasteiger partial charge in [-0.1, -0.05) is 37.3 Å². The first kappa shape index (κ1) is 16.7. The monoisotopic (exact) mass is 278 g/mol. The Morgan fingerprint density at radius 3 is 2.70 bits per heavy atom. The van der Waals surface area contributed by atoms with Crippen molar-refractivity contribution in [1.82, 2.24) is 5.32 Å². The molecule has 0 spiro atoms. The van der Waals surface area contributed by atoms with E-state index in [9.17, 15) is 4.79 Å². The maximum absolute atomic E-state index is 12.0. The van der Waals surface area contributed by atoms with Gasteiger partial charge < -0.3 is 15.8 Å². The fourth-order valence-corrected chi connectivity index (χ4v) is 1.96. The lowest BCUT2D eigenvalue weighted by atomic mass is 9.98. The molecule has 0 aromatic heterocycles. The van der Waals surface area contributed by atoms with E-state index >= 15 is 0 Å². The minimum atomic E-state index is -0.158. The molecule has 4 nitrogen and oxygen atoms in total. The molecule has 4 heteroatoms. The highest BCUT2D eigenvalue weighted by Gasteiger charge is 2.16. The number of hydrogen-bond acceptors (Lipinski definition) is 3. The molecule has 0 saturated heterocycles. The van der Waals surface area contributed by atoms with E-state index in [0.717, 1.165) is 25.0 Å². The summed E-state index contributed by atoms with van der Waals surface area (Å²) in [7, 11) is 0. The Kier molecular flexibility index (Phi) is 8.67. The van der Waals surface area contributed by atoms with E-state index in [0.29, 0.717) is 26.1 Å². The molecular weight excluding hydrogens is 252 g/mol. The van der Waals surface area contributed by atoms with Crippen molar-refractivity contribution in [3.8, 4) is 0 Å². The zero-order valence-electron chi connectivity index (χ0n) is 12.3. The van der Waals surface area contributed by atoms with E-state index in [-0.39, 0.29) is 11.8 Å². The predicted octanol–water partition coefficient (Wildman–Crippen LogP) is 1.74. The van der Waals surface area contributed by atoms with Crippen molar-refractivity contribution in [2.75, 3.05) is 26.3 Å². The van der Waals surface area contributed by atoms with Gasteiger partial charge in [-0.05, 0) is 24.8 Å². The highest BCUT2D eigenvalue weighted by Crippen LogP contribution is 2.07. The van der Waals surface area contributed by atoms with Crippen molar-refractivity contribution in [2.45, 2.75) is 26.2 Å². The fraction of sp³-hybridized carbons (Fsp3) is 0.562. The van der Waals surface area contributed by atoms with Crippen LogP contribution >= 0.6 is 0 Å². The summed E-state index contributed by atoms with van der Waals surface area (Å²) in [6.07, 6.45) is 2.56. The van der Waals surface area contributed by atoms with E-state index in [2.05, 4.69) is 12.2 Å². The highest BCUT2D eigenvalue weighted by molar-refractivity contribution is 5.79. The fourth-order valence-electron chi connectivity index (χ4n) is 1.96. The lowest BCUT2D eigenvalue weighted by Gasteiger charge is -2.15. The molecule has 0 aliphatic heterocycles. The van der Waals surface area contributed by atoms with Gasteiger partial charge in [0.15, 0.2) is 0 Å². The summed E-state index contributed by atoms with van der Waals surface area (Å²) in [5, 5.41) is 2.93. The van der Waals surface area contributed by atoms with Crippen LogP contribution in [0.15, 0.2) is 30.3 Å². The molecule has 20 heavy (non-hydrogen) atoms. The van der Waals surface area contributed by atoms with Crippen molar-refractivity contribution in [2.24, 2.45) is 11.7 Å². The summed E-state index contributed by atoms with van der Waals surface area (Å²) in [6.45, 7) is 4.57. The topological polar surface area (TPSA) is 64.3 Å². The molecule has 3 N–H and O–H groups in total. The molecule has 0 heterocycles. The standard InChI is InChI=1S/C16H26N2O2/c1-2-10-20-11-6-9-18-16(19)15(13-17)12-14-7-4-3-5-8-14/h3-5,7-8,15H,2,6,9-13,17H2,1H3,(H,18,19). The average Bonchev–Trinajstić information content (AvgIpc) is 2.49. The quantitative estimate of drug-likeness (QED) is 0.641. The number of nitrogens with one attached hydrogen (secondary N) is 1. The number of amides is 1. The predicted molar refractivity (Wildman–Crippen MR) is 81.4 cm³/mol. The Labute approximate surface area is 121 Å². The molecule has 0 fully saturated rings. The van der Waals surface area contributed by atoms with Crippen LogP contribution in [-0.4, -0.2) is 32.2 Å². The van der Waals surface area contributed by atoms with Gasteiger partial charge >= 0.3 is 0 Å². The second kappa shape index (κ2) is 10.4. The number of rotatable bonds is 10. The van der Waals surface area contributed by atoms with E-state index in [4.69, 9.17) is 10.5 Å². The molecule has 112 valence electrons. The molecule has 1 rings (SSSR count). The van der Waals surface area contributed by atoms with E-state index < -0.39 is 0 Å². The minimum absolute atomic E-state index is 0.0341. The normalized spacial score (nSPS) is 12.1. The molecule has 0 bridgehead atoms. The van der Waals surface area contributed by atoms with E-state index in [1.165, 1.54) is 0 Å². The molecule has 0 aliphatic carbocycles. The third kappa shape index (κ3) is 6.68. The van der Waals surface area contributed by atoms with E-state index in [1.807, 2.05) is 30.3 Å². The van der Waals surface area contributed by atoms with Gasteiger partial charge in [0.1, 0.15) is 0 Å². The number of nitrogens with two attached hydrogens (primary N) is 1. The van der Waals surface area contributed by atoms with Crippen LogP contribution in [-0.2, 0) is 16.0 Å². The third-order valence-electron chi connectivity index (χ3n) is 3.09. The smallest absolute Gasteiger partial charge is 0.224 e. The molecule has 1 amide bonds. The Balaban J connectivity index is 2.25. The second-order valence-electron chi connectivity index (χ2n) is 4.88. The van der Waals surface area contributed by atoms with Crippen molar-refractivity contribution >= 4 is 5.91 Å². The maximum Gasteiger partial charge on any atom is 0.224 e. The van der Waals surface area contributed by atoms with Crippen LogP contribution in [0.25, 0.3) is 0 Å². The Morgan fingerprint density at radius 2 is 2.05 bits per heavy atom. The molecule has 0 saturated carbocycles. The summed E-state index contributed by atoms with van der Waals surface area (Å²) in [5.41, 5.74) is 6.85. The Bertz CT molecular complexity index is 368. The Hall–Kier alpha value is -1.39. The van der Waals surface area contributed by atoms with Crippen LogP contribution in [0.1, 0.15) is 25.3 Å². The van der Waals surface area contributed by atoms with Crippen LogP contribution in [0, 0.1) is 5.92 Å². The minimum Gasteiger partial charge on any atom is -0.381 e. The van der Waals surface area contributed by atoms with Gasteiger partial charge in [0.05, 0.1) is 5.92 Å². The molecule has 1 atom stereocenters. The lowest BCUT2D eigenvalue weighted by Crippen LogP contribution is -2.37. The number of carbonyl (C=O) groups excluding carboxylic acids is 1. The van der Waals surface area contributed by atoms with Gasteiger partial charge in [-0.3, -0.25) is 4.79 Å². The molecule has 1 aromatic carbocycles. The molecular formula is C16H26N2O2. The highest BCUT2D eigenvalue weighted by atomic mass is 16.5. The van der Waals surface area contributed by atoms with Crippen molar-refractivity contribution in [3.05, 3.63) is 35.9 Å².